The van der Waals surface area contributed by atoms with Crippen molar-refractivity contribution in [3.8, 4) is 0 Å². The number of nitrogens with zero attached hydrogens (tertiary/aromatic N) is 1. The summed E-state index contributed by atoms with van der Waals surface area (Å²) in [6, 6.07) is 0. The van der Waals surface area contributed by atoms with E-state index in [9.17, 15) is 14.4 Å². The van der Waals surface area contributed by atoms with Crippen LogP contribution in [0.4, 0.5) is 0 Å². The zero-order valence-electron chi connectivity index (χ0n) is 9.15. The maximum Gasteiger partial charge on any atom is 0.302 e. The molecule has 0 spiro atoms. The van der Waals surface area contributed by atoms with Crippen LogP contribution in [-0.2, 0) is 19.1 Å². The van der Waals surface area contributed by atoms with E-state index in [1.54, 1.807) is 13.8 Å². The molecule has 1 aliphatic rings. The van der Waals surface area contributed by atoms with Gasteiger partial charge in [-0.25, -0.2) is 0 Å². The Morgan fingerprint density at radius 1 is 1.27 bits per heavy atom. The van der Waals surface area contributed by atoms with E-state index in [1.807, 2.05) is 0 Å². The molecule has 1 fully saturated rings. The molecule has 2 amide bonds. The largest absolute Gasteiger partial charge is 0.464 e. The van der Waals surface area contributed by atoms with Crippen molar-refractivity contribution in [3.63, 3.8) is 0 Å². The molecule has 0 aromatic carbocycles. The number of likely N-dealkylation sites (tertiary alicyclic amines) is 1. The summed E-state index contributed by atoms with van der Waals surface area (Å²) in [5, 5.41) is 0. The van der Waals surface area contributed by atoms with E-state index < -0.39 is 5.97 Å². The Balaban J connectivity index is 2.52. The number of hydrogen-bond donors (Lipinski definition) is 0. The van der Waals surface area contributed by atoms with Crippen molar-refractivity contribution >= 4 is 17.8 Å². The first-order valence-corrected chi connectivity index (χ1v) is 4.93. The van der Waals surface area contributed by atoms with Crippen molar-refractivity contribution in [2.45, 2.75) is 20.8 Å². The van der Waals surface area contributed by atoms with E-state index in [0.29, 0.717) is 0 Å². The summed E-state index contributed by atoms with van der Waals surface area (Å²) >= 11 is 0. The van der Waals surface area contributed by atoms with Crippen LogP contribution in [0.1, 0.15) is 20.8 Å². The van der Waals surface area contributed by atoms with Crippen LogP contribution in [0.5, 0.6) is 0 Å². The van der Waals surface area contributed by atoms with E-state index in [-0.39, 0.29) is 36.8 Å². The van der Waals surface area contributed by atoms with E-state index in [0.717, 1.165) is 4.90 Å². The van der Waals surface area contributed by atoms with Crippen LogP contribution >= 0.6 is 0 Å². The molecule has 1 rings (SSSR count). The lowest BCUT2D eigenvalue weighted by Gasteiger charge is -2.13. The summed E-state index contributed by atoms with van der Waals surface area (Å²) in [6.45, 7) is 4.99. The monoisotopic (exact) mass is 213 g/mol. The van der Waals surface area contributed by atoms with Crippen LogP contribution in [0, 0.1) is 11.8 Å². The van der Waals surface area contributed by atoms with Gasteiger partial charge in [-0.15, -0.1) is 0 Å². The number of amides is 2. The number of esters is 1. The Labute approximate surface area is 88.4 Å². The minimum Gasteiger partial charge on any atom is -0.464 e. The van der Waals surface area contributed by atoms with Crippen molar-refractivity contribution in [1.82, 2.24) is 4.90 Å². The molecule has 84 valence electrons. The number of rotatable bonds is 3. The number of ether oxygens (including phenoxy) is 1. The van der Waals surface area contributed by atoms with E-state index in [1.165, 1.54) is 6.92 Å². The summed E-state index contributed by atoms with van der Waals surface area (Å²) < 4.78 is 4.69. The van der Waals surface area contributed by atoms with Crippen LogP contribution in [0.3, 0.4) is 0 Å². The molecule has 0 radical (unpaired) electrons. The summed E-state index contributed by atoms with van der Waals surface area (Å²) in [7, 11) is 0. The summed E-state index contributed by atoms with van der Waals surface area (Å²) in [5.41, 5.74) is 0. The Bertz CT molecular complexity index is 280. The quantitative estimate of drug-likeness (QED) is 0.496. The second kappa shape index (κ2) is 4.42. The van der Waals surface area contributed by atoms with Crippen LogP contribution in [0.15, 0.2) is 0 Å². The molecule has 1 aliphatic heterocycles. The van der Waals surface area contributed by atoms with Gasteiger partial charge in [-0.05, 0) is 0 Å². The van der Waals surface area contributed by atoms with Crippen molar-refractivity contribution < 1.29 is 19.1 Å². The lowest BCUT2D eigenvalue weighted by Crippen LogP contribution is -2.34. The zero-order chi connectivity index (χ0) is 11.6. The highest BCUT2D eigenvalue weighted by atomic mass is 16.5. The Morgan fingerprint density at radius 3 is 2.13 bits per heavy atom. The van der Waals surface area contributed by atoms with Crippen LogP contribution in [-0.4, -0.2) is 35.8 Å². The van der Waals surface area contributed by atoms with Gasteiger partial charge in [-0.3, -0.25) is 19.3 Å². The first-order valence-electron chi connectivity index (χ1n) is 4.93. The van der Waals surface area contributed by atoms with E-state index in [2.05, 4.69) is 4.74 Å². The third-order valence-electron chi connectivity index (χ3n) is 2.68. The van der Waals surface area contributed by atoms with Gasteiger partial charge in [0.05, 0.1) is 6.54 Å². The van der Waals surface area contributed by atoms with Gasteiger partial charge in [0.15, 0.2) is 0 Å². The second-order valence-corrected chi connectivity index (χ2v) is 3.75. The van der Waals surface area contributed by atoms with Crippen molar-refractivity contribution in [3.05, 3.63) is 0 Å². The minimum atomic E-state index is -0.407. The molecular formula is C10H15NO4. The normalized spacial score (nSPS) is 25.9. The maximum absolute atomic E-state index is 11.6. The highest BCUT2D eigenvalue weighted by Gasteiger charge is 2.41. The van der Waals surface area contributed by atoms with Gasteiger partial charge in [0.25, 0.3) is 0 Å². The van der Waals surface area contributed by atoms with Crippen LogP contribution in [0.2, 0.25) is 0 Å². The summed E-state index contributed by atoms with van der Waals surface area (Å²) in [6.07, 6.45) is 0. The molecule has 0 aliphatic carbocycles. The van der Waals surface area contributed by atoms with Gasteiger partial charge < -0.3 is 4.74 Å². The lowest BCUT2D eigenvalue weighted by atomic mass is 10.00. The molecule has 1 heterocycles. The van der Waals surface area contributed by atoms with Gasteiger partial charge in [0.1, 0.15) is 6.61 Å². The van der Waals surface area contributed by atoms with Crippen molar-refractivity contribution in [2.24, 2.45) is 11.8 Å². The average molecular weight is 213 g/mol. The van der Waals surface area contributed by atoms with Crippen LogP contribution in [0.25, 0.3) is 0 Å². The highest BCUT2D eigenvalue weighted by molar-refractivity contribution is 6.04. The number of carbonyl (C=O) groups is 3. The predicted molar refractivity (Wildman–Crippen MR) is 51.7 cm³/mol. The molecule has 2 atom stereocenters. The summed E-state index contributed by atoms with van der Waals surface area (Å²) in [5.74, 6) is -1.31. The fraction of sp³-hybridized carbons (Fsp3) is 0.700. The zero-order valence-corrected chi connectivity index (χ0v) is 9.15. The van der Waals surface area contributed by atoms with Crippen molar-refractivity contribution in [2.75, 3.05) is 13.2 Å². The third-order valence-corrected chi connectivity index (χ3v) is 2.68. The van der Waals surface area contributed by atoms with Gasteiger partial charge in [0, 0.05) is 18.8 Å². The molecule has 15 heavy (non-hydrogen) atoms. The van der Waals surface area contributed by atoms with Crippen molar-refractivity contribution in [1.29, 1.82) is 0 Å². The molecule has 5 nitrogen and oxygen atoms in total. The minimum absolute atomic E-state index is 0.0756. The number of hydrogen-bond acceptors (Lipinski definition) is 4. The van der Waals surface area contributed by atoms with Gasteiger partial charge in [-0.2, -0.15) is 0 Å². The fourth-order valence-corrected chi connectivity index (χ4v) is 1.53. The molecule has 2 unspecified atom stereocenters. The number of carbonyl (C=O) groups excluding carboxylic acids is 3. The standard InChI is InChI=1S/C10H15NO4/c1-6-7(2)10(14)11(9(6)13)4-5-15-8(3)12/h6-7H,4-5H2,1-3H3. The highest BCUT2D eigenvalue weighted by Crippen LogP contribution is 2.24. The topological polar surface area (TPSA) is 63.7 Å². The number of imide groups is 1. The SMILES string of the molecule is CC(=O)OCCN1C(=O)C(C)C(C)C1=O. The first-order chi connectivity index (χ1) is 6.95. The Hall–Kier alpha value is -1.39. The fourth-order valence-electron chi connectivity index (χ4n) is 1.53. The first kappa shape index (κ1) is 11.7. The van der Waals surface area contributed by atoms with Gasteiger partial charge in [0.2, 0.25) is 11.8 Å². The molecule has 0 aromatic rings. The molecule has 1 saturated heterocycles. The van der Waals surface area contributed by atoms with E-state index >= 15 is 0 Å². The van der Waals surface area contributed by atoms with Crippen LogP contribution < -0.4 is 0 Å². The predicted octanol–water partition coefficient (Wildman–Crippen LogP) is 0.190. The maximum atomic E-state index is 11.6. The molecule has 5 heteroatoms. The smallest absolute Gasteiger partial charge is 0.302 e. The second-order valence-electron chi connectivity index (χ2n) is 3.75. The van der Waals surface area contributed by atoms with Gasteiger partial charge in [-0.1, -0.05) is 13.8 Å². The average Bonchev–Trinajstić information content (AvgIpc) is 2.34. The third kappa shape index (κ3) is 2.34. The molecule has 0 N–H and O–H groups in total. The molecule has 0 bridgehead atoms. The summed E-state index contributed by atoms with van der Waals surface area (Å²) in [4.78, 5) is 34.8. The lowest BCUT2D eigenvalue weighted by molar-refractivity contribution is -0.146. The molecule has 0 saturated carbocycles. The Kier molecular flexibility index (Phi) is 3.44. The van der Waals surface area contributed by atoms with E-state index in [4.69, 9.17) is 0 Å². The molecular weight excluding hydrogens is 198 g/mol. The Morgan fingerprint density at radius 2 is 1.73 bits per heavy atom. The van der Waals surface area contributed by atoms with Gasteiger partial charge >= 0.3 is 5.97 Å². The molecule has 0 aromatic heterocycles.